The van der Waals surface area contributed by atoms with Gasteiger partial charge in [0.1, 0.15) is 11.9 Å². The highest BCUT2D eigenvalue weighted by Crippen LogP contribution is 2.44. The number of benzene rings is 2. The fraction of sp³-hybridized carbons (Fsp3) is 0.485. The van der Waals surface area contributed by atoms with E-state index in [1.165, 1.54) is 0 Å². The summed E-state index contributed by atoms with van der Waals surface area (Å²) in [7, 11) is 3.22. The minimum absolute atomic E-state index is 0.0785. The van der Waals surface area contributed by atoms with Gasteiger partial charge in [-0.25, -0.2) is 0 Å². The molecular formula is C33H43N7O3. The van der Waals surface area contributed by atoms with E-state index in [0.717, 1.165) is 28.7 Å². The number of carbonyl (C=O) groups is 3. The summed E-state index contributed by atoms with van der Waals surface area (Å²) in [5, 5.41) is 18.3. The van der Waals surface area contributed by atoms with Crippen LogP contribution < -0.4 is 21.7 Å². The molecule has 0 radical (unpaired) electrons. The molecule has 0 spiro atoms. The third-order valence-corrected chi connectivity index (χ3v) is 8.54. The smallest absolute Gasteiger partial charge is 0.251 e. The summed E-state index contributed by atoms with van der Waals surface area (Å²) in [4.78, 5) is 44.8. The Morgan fingerprint density at radius 3 is 2.07 bits per heavy atom. The van der Waals surface area contributed by atoms with Gasteiger partial charge in [0.2, 0.25) is 5.91 Å². The summed E-state index contributed by atoms with van der Waals surface area (Å²) in [6.45, 7) is 6.66. The van der Waals surface area contributed by atoms with Gasteiger partial charge in [0.15, 0.2) is 0 Å². The lowest BCUT2D eigenvalue weighted by Gasteiger charge is -2.39. The number of amidine groups is 1. The molecule has 2 aromatic rings. The highest BCUT2D eigenvalue weighted by atomic mass is 16.2. The van der Waals surface area contributed by atoms with Gasteiger partial charge in [-0.2, -0.15) is 5.26 Å². The number of amides is 3. The summed E-state index contributed by atoms with van der Waals surface area (Å²) in [6.07, 6.45) is 3.29. The Labute approximate surface area is 254 Å². The van der Waals surface area contributed by atoms with E-state index in [1.54, 1.807) is 19.0 Å². The molecule has 43 heavy (non-hydrogen) atoms. The predicted molar refractivity (Wildman–Crippen MR) is 167 cm³/mol. The van der Waals surface area contributed by atoms with Crippen molar-refractivity contribution in [1.29, 1.82) is 5.26 Å². The minimum atomic E-state index is -0.897. The Balaban J connectivity index is 1.84. The van der Waals surface area contributed by atoms with Gasteiger partial charge in [0, 0.05) is 43.9 Å². The van der Waals surface area contributed by atoms with Gasteiger partial charge in [-0.1, -0.05) is 12.1 Å². The van der Waals surface area contributed by atoms with E-state index in [0.29, 0.717) is 49.2 Å². The number of nitrogens with zero attached hydrogens (tertiary/aromatic N) is 3. The van der Waals surface area contributed by atoms with Crippen LogP contribution in [0.3, 0.4) is 0 Å². The number of carbonyl (C=O) groups excluding carboxylic acids is 3. The van der Waals surface area contributed by atoms with Crippen molar-refractivity contribution in [3.63, 3.8) is 0 Å². The summed E-state index contributed by atoms with van der Waals surface area (Å²) in [6, 6.07) is 13.0. The first-order chi connectivity index (χ1) is 20.5. The highest BCUT2D eigenvalue weighted by molar-refractivity contribution is 5.99. The normalized spacial score (nSPS) is 18.2. The van der Waals surface area contributed by atoms with Crippen LogP contribution in [0.4, 0.5) is 0 Å². The van der Waals surface area contributed by atoms with Crippen molar-refractivity contribution in [3.8, 4) is 6.07 Å². The minimum Gasteiger partial charge on any atom is -0.386 e. The van der Waals surface area contributed by atoms with Crippen LogP contribution in [0.2, 0.25) is 0 Å². The molecule has 228 valence electrons. The fourth-order valence-corrected chi connectivity index (χ4v) is 6.50. The molecule has 0 unspecified atom stereocenters. The average Bonchev–Trinajstić information content (AvgIpc) is 3.44. The van der Waals surface area contributed by atoms with Crippen molar-refractivity contribution >= 4 is 23.6 Å². The van der Waals surface area contributed by atoms with Crippen LogP contribution in [-0.2, 0) is 23.1 Å². The molecule has 0 saturated carbocycles. The molecule has 10 nitrogen and oxygen atoms in total. The van der Waals surface area contributed by atoms with Gasteiger partial charge in [-0.3, -0.25) is 19.4 Å². The number of rotatable bonds is 9. The zero-order valence-electron chi connectivity index (χ0n) is 25.8. The molecule has 1 fully saturated rings. The molecule has 10 heteroatoms. The first-order valence-corrected chi connectivity index (χ1v) is 15.0. The second kappa shape index (κ2) is 13.4. The van der Waals surface area contributed by atoms with Crippen LogP contribution in [0.5, 0.6) is 0 Å². The quantitative estimate of drug-likeness (QED) is 0.262. The van der Waals surface area contributed by atoms with Gasteiger partial charge < -0.3 is 26.6 Å². The SMILES string of the molecule is CNC(=O)c1ccc2c(c1)CCc1cc(C(=O)NC)ccc1C2(C[C@@H](C)NCC(=O)N1CCC[C@H]1C#N)C(N)=NC(C)C. The average molecular weight is 586 g/mol. The maximum Gasteiger partial charge on any atom is 0.251 e. The van der Waals surface area contributed by atoms with Gasteiger partial charge in [-0.05, 0) is 99.4 Å². The molecule has 1 heterocycles. The number of hydrogen-bond donors (Lipinski definition) is 4. The summed E-state index contributed by atoms with van der Waals surface area (Å²) in [5.74, 6) is -0.00346. The van der Waals surface area contributed by atoms with Crippen molar-refractivity contribution in [1.82, 2.24) is 20.9 Å². The first-order valence-electron chi connectivity index (χ1n) is 15.0. The lowest BCUT2D eigenvalue weighted by Crippen LogP contribution is -2.49. The molecule has 0 bridgehead atoms. The van der Waals surface area contributed by atoms with E-state index in [4.69, 9.17) is 10.7 Å². The van der Waals surface area contributed by atoms with E-state index >= 15 is 0 Å². The van der Waals surface area contributed by atoms with E-state index in [1.807, 2.05) is 57.2 Å². The molecule has 0 aromatic heterocycles. The maximum atomic E-state index is 13.1. The zero-order chi connectivity index (χ0) is 31.3. The lowest BCUT2D eigenvalue weighted by atomic mass is 9.67. The number of aryl methyl sites for hydroxylation is 2. The van der Waals surface area contributed by atoms with Crippen LogP contribution in [0, 0.1) is 11.3 Å². The van der Waals surface area contributed by atoms with Crippen LogP contribution in [-0.4, -0.2) is 73.8 Å². The Hall–Kier alpha value is -4.23. The zero-order valence-corrected chi connectivity index (χ0v) is 25.8. The standard InChI is InChI=1S/C33H43N7O3/c1-20(2)39-32(35)33(17-21(3)38-19-29(41)40-14-6-7-26(40)18-34)27-12-10-24(30(42)36-4)15-22(27)8-9-23-16-25(31(43)37-5)11-13-28(23)33/h10-13,15-16,20-21,26,38H,6-9,14,17,19H2,1-5H3,(H2,35,39)(H,36,42)(H,37,43)/t21-,26+/m1/s1. The number of likely N-dealkylation sites (tertiary alicyclic amines) is 1. The van der Waals surface area contributed by atoms with Crippen molar-refractivity contribution in [2.75, 3.05) is 27.2 Å². The van der Waals surface area contributed by atoms with Gasteiger partial charge in [0.05, 0.1) is 18.0 Å². The third-order valence-electron chi connectivity index (χ3n) is 8.54. The van der Waals surface area contributed by atoms with Crippen molar-refractivity contribution in [3.05, 3.63) is 69.8 Å². The Morgan fingerprint density at radius 1 is 1.02 bits per heavy atom. The summed E-state index contributed by atoms with van der Waals surface area (Å²) >= 11 is 0. The molecule has 1 aliphatic carbocycles. The second-order valence-corrected chi connectivity index (χ2v) is 11.8. The maximum absolute atomic E-state index is 13.1. The number of hydrogen-bond acceptors (Lipinski definition) is 6. The summed E-state index contributed by atoms with van der Waals surface area (Å²) < 4.78 is 0. The fourth-order valence-electron chi connectivity index (χ4n) is 6.50. The third kappa shape index (κ3) is 6.42. The van der Waals surface area contributed by atoms with Gasteiger partial charge >= 0.3 is 0 Å². The highest BCUT2D eigenvalue weighted by Gasteiger charge is 2.44. The van der Waals surface area contributed by atoms with Crippen LogP contribution >= 0.6 is 0 Å². The Kier molecular flexibility index (Phi) is 9.87. The molecule has 1 aliphatic heterocycles. The molecule has 3 amide bonds. The predicted octanol–water partition coefficient (Wildman–Crippen LogP) is 2.44. The molecule has 2 aliphatic rings. The Bertz CT molecular complexity index is 1390. The van der Waals surface area contributed by atoms with Crippen LogP contribution in [0.15, 0.2) is 41.4 Å². The van der Waals surface area contributed by atoms with E-state index in [9.17, 15) is 19.6 Å². The largest absolute Gasteiger partial charge is 0.386 e. The van der Waals surface area contributed by atoms with Crippen LogP contribution in [0.1, 0.15) is 83.0 Å². The molecule has 1 saturated heterocycles. The summed E-state index contributed by atoms with van der Waals surface area (Å²) in [5.41, 5.74) is 11.1. The number of aliphatic imine (C=N–C) groups is 1. The van der Waals surface area contributed by atoms with Gasteiger partial charge in [0.25, 0.3) is 11.8 Å². The van der Waals surface area contributed by atoms with Crippen molar-refractivity contribution in [2.24, 2.45) is 10.7 Å². The van der Waals surface area contributed by atoms with Crippen molar-refractivity contribution in [2.45, 2.75) is 76.4 Å². The second-order valence-electron chi connectivity index (χ2n) is 11.8. The molecule has 4 rings (SSSR count). The monoisotopic (exact) mass is 585 g/mol. The number of nitriles is 1. The topological polar surface area (TPSA) is 153 Å². The molecule has 5 N–H and O–H groups in total. The molecule has 2 aromatic carbocycles. The number of fused-ring (bicyclic) bond motifs is 2. The van der Waals surface area contributed by atoms with Crippen LogP contribution in [0.25, 0.3) is 0 Å². The molecule has 2 atom stereocenters. The number of nitrogens with two attached hydrogens (primary N) is 1. The Morgan fingerprint density at radius 2 is 1.58 bits per heavy atom. The van der Waals surface area contributed by atoms with E-state index < -0.39 is 5.41 Å². The molecular weight excluding hydrogens is 542 g/mol. The lowest BCUT2D eigenvalue weighted by molar-refractivity contribution is -0.130. The van der Waals surface area contributed by atoms with Gasteiger partial charge in [-0.15, -0.1) is 0 Å². The van der Waals surface area contributed by atoms with E-state index in [2.05, 4.69) is 22.0 Å². The first kappa shape index (κ1) is 31.7. The van der Waals surface area contributed by atoms with E-state index in [-0.39, 0.29) is 42.4 Å². The number of nitrogens with one attached hydrogen (secondary N) is 3. The van der Waals surface area contributed by atoms with Crippen molar-refractivity contribution < 1.29 is 14.4 Å².